The number of nitrogens with zero attached hydrogens (tertiary/aromatic N) is 3. The molecule has 4 rings (SSSR count). The van der Waals surface area contributed by atoms with Gasteiger partial charge in [0.15, 0.2) is 5.69 Å². The number of unbranched alkanes of at least 4 members (excludes halogenated alkanes) is 1. The molecular weight excluding hydrogens is 358 g/mol. The zero-order valence-electron chi connectivity index (χ0n) is 15.4. The van der Waals surface area contributed by atoms with Gasteiger partial charge < -0.3 is 4.90 Å². The Kier molecular flexibility index (Phi) is 5.07. The number of likely N-dealkylation sites (tertiary alicyclic amines) is 1. The van der Waals surface area contributed by atoms with Gasteiger partial charge in [-0.2, -0.15) is 5.10 Å². The molecule has 1 aliphatic heterocycles. The van der Waals surface area contributed by atoms with Crippen LogP contribution >= 0.6 is 11.3 Å². The van der Waals surface area contributed by atoms with Gasteiger partial charge in [-0.05, 0) is 36.8 Å². The van der Waals surface area contributed by atoms with E-state index in [4.69, 9.17) is 0 Å². The Morgan fingerprint density at radius 3 is 2.78 bits per heavy atom. The largest absolute Gasteiger partial charge is 0.329 e. The number of amides is 1. The molecule has 1 amide bonds. The van der Waals surface area contributed by atoms with Crippen molar-refractivity contribution in [3.05, 3.63) is 62.7 Å². The fourth-order valence-electron chi connectivity index (χ4n) is 3.78. The Morgan fingerprint density at radius 1 is 1.22 bits per heavy atom. The van der Waals surface area contributed by atoms with Crippen molar-refractivity contribution >= 4 is 28.0 Å². The monoisotopic (exact) mass is 381 g/mol. The summed E-state index contributed by atoms with van der Waals surface area (Å²) >= 11 is 1.69. The number of hydrogen-bond donors (Lipinski definition) is 0. The summed E-state index contributed by atoms with van der Waals surface area (Å²) in [4.78, 5) is 29.4. The first kappa shape index (κ1) is 17.9. The summed E-state index contributed by atoms with van der Waals surface area (Å²) in [6.45, 7) is 3.34. The molecule has 0 saturated carbocycles. The van der Waals surface area contributed by atoms with Gasteiger partial charge in [-0.1, -0.05) is 37.6 Å². The fraction of sp³-hybridized carbons (Fsp3) is 0.381. The number of thiophene rings is 1. The van der Waals surface area contributed by atoms with Crippen molar-refractivity contribution in [3.8, 4) is 0 Å². The van der Waals surface area contributed by atoms with E-state index in [0.29, 0.717) is 23.0 Å². The van der Waals surface area contributed by atoms with E-state index in [-0.39, 0.29) is 17.5 Å². The van der Waals surface area contributed by atoms with Gasteiger partial charge >= 0.3 is 0 Å². The van der Waals surface area contributed by atoms with E-state index in [2.05, 4.69) is 23.5 Å². The maximum absolute atomic E-state index is 13.5. The number of aromatic nitrogens is 2. The van der Waals surface area contributed by atoms with Crippen molar-refractivity contribution < 1.29 is 4.79 Å². The van der Waals surface area contributed by atoms with E-state index in [0.717, 1.165) is 32.2 Å². The Balaban J connectivity index is 1.79. The van der Waals surface area contributed by atoms with Crippen LogP contribution in [0.4, 0.5) is 0 Å². The van der Waals surface area contributed by atoms with Gasteiger partial charge in [0.25, 0.3) is 11.5 Å². The van der Waals surface area contributed by atoms with Gasteiger partial charge in [-0.25, -0.2) is 4.68 Å². The fourth-order valence-corrected chi connectivity index (χ4v) is 4.65. The summed E-state index contributed by atoms with van der Waals surface area (Å²) in [7, 11) is 0. The molecule has 3 aromatic rings. The van der Waals surface area contributed by atoms with Gasteiger partial charge in [0, 0.05) is 23.4 Å². The van der Waals surface area contributed by atoms with E-state index in [9.17, 15) is 9.59 Å². The number of carbonyl (C=O) groups excluding carboxylic acids is 1. The summed E-state index contributed by atoms with van der Waals surface area (Å²) in [6, 6.07) is 11.5. The van der Waals surface area contributed by atoms with Crippen molar-refractivity contribution in [3.63, 3.8) is 0 Å². The van der Waals surface area contributed by atoms with Crippen molar-refractivity contribution in [1.82, 2.24) is 14.7 Å². The summed E-state index contributed by atoms with van der Waals surface area (Å²) in [6.07, 6.45) is 3.79. The van der Waals surface area contributed by atoms with E-state index in [1.54, 1.807) is 17.4 Å². The van der Waals surface area contributed by atoms with Crippen molar-refractivity contribution in [1.29, 1.82) is 0 Å². The quantitative estimate of drug-likeness (QED) is 0.664. The highest BCUT2D eigenvalue weighted by Gasteiger charge is 2.33. The lowest BCUT2D eigenvalue weighted by Crippen LogP contribution is -2.34. The summed E-state index contributed by atoms with van der Waals surface area (Å²) in [5.41, 5.74) is 0.275. The number of hydrogen-bond acceptors (Lipinski definition) is 4. The second-order valence-electron chi connectivity index (χ2n) is 6.95. The molecule has 1 aliphatic rings. The van der Waals surface area contributed by atoms with Gasteiger partial charge in [-0.15, -0.1) is 11.3 Å². The van der Waals surface area contributed by atoms with E-state index in [1.807, 2.05) is 29.2 Å². The number of benzene rings is 1. The molecule has 0 aliphatic carbocycles. The standard InChI is InChI=1S/C21H23N3O2S/c1-2-3-13-24-20(25)16-9-5-4-8-15(16)19(22-24)21(26)23-12-6-10-17(23)18-11-7-14-27-18/h4-5,7-9,11,14,17H,2-3,6,10,12-13H2,1H3. The highest BCUT2D eigenvalue weighted by molar-refractivity contribution is 7.10. The van der Waals surface area contributed by atoms with Gasteiger partial charge in [0.1, 0.15) is 0 Å². The third kappa shape index (κ3) is 3.30. The molecule has 2 aromatic heterocycles. The number of carbonyl (C=O) groups is 1. The predicted octanol–water partition coefficient (Wildman–Crippen LogP) is 4.24. The average Bonchev–Trinajstić information content (AvgIpc) is 3.38. The maximum Gasteiger partial charge on any atom is 0.275 e. The predicted molar refractivity (Wildman–Crippen MR) is 108 cm³/mol. The van der Waals surface area contributed by atoms with Crippen LogP contribution in [-0.2, 0) is 6.54 Å². The van der Waals surface area contributed by atoms with Crippen LogP contribution in [0.15, 0.2) is 46.6 Å². The molecule has 0 N–H and O–H groups in total. The van der Waals surface area contributed by atoms with Crippen LogP contribution in [-0.4, -0.2) is 27.1 Å². The molecule has 27 heavy (non-hydrogen) atoms. The molecule has 3 heterocycles. The second-order valence-corrected chi connectivity index (χ2v) is 7.93. The normalized spacial score (nSPS) is 16.9. The molecule has 1 unspecified atom stereocenters. The summed E-state index contributed by atoms with van der Waals surface area (Å²) in [5, 5.41) is 7.78. The van der Waals surface area contributed by atoms with Gasteiger partial charge in [0.2, 0.25) is 0 Å². The molecule has 1 aromatic carbocycles. The van der Waals surface area contributed by atoms with E-state index >= 15 is 0 Å². The summed E-state index contributed by atoms with van der Waals surface area (Å²) < 4.78 is 1.47. The third-order valence-electron chi connectivity index (χ3n) is 5.18. The molecule has 1 fully saturated rings. The smallest absolute Gasteiger partial charge is 0.275 e. The lowest BCUT2D eigenvalue weighted by Gasteiger charge is -2.24. The molecule has 140 valence electrons. The number of rotatable bonds is 5. The molecule has 1 saturated heterocycles. The lowest BCUT2D eigenvalue weighted by molar-refractivity contribution is 0.0731. The molecule has 5 nitrogen and oxygen atoms in total. The summed E-state index contributed by atoms with van der Waals surface area (Å²) in [5.74, 6) is -0.0765. The van der Waals surface area contributed by atoms with Crippen LogP contribution < -0.4 is 5.56 Å². The Hall–Kier alpha value is -2.47. The molecule has 0 spiro atoms. The lowest BCUT2D eigenvalue weighted by atomic mass is 10.1. The molecule has 0 radical (unpaired) electrons. The average molecular weight is 382 g/mol. The SMILES string of the molecule is CCCCn1nc(C(=O)N2CCCC2c2cccs2)c2ccccc2c1=O. The van der Waals surface area contributed by atoms with Crippen molar-refractivity contribution in [2.24, 2.45) is 0 Å². The van der Waals surface area contributed by atoms with E-state index in [1.165, 1.54) is 9.56 Å². The Morgan fingerprint density at radius 2 is 2.04 bits per heavy atom. The van der Waals surface area contributed by atoms with Crippen LogP contribution in [0.1, 0.15) is 54.0 Å². The molecule has 1 atom stereocenters. The molecular formula is C21H23N3O2S. The van der Waals surface area contributed by atoms with Crippen LogP contribution in [0.3, 0.4) is 0 Å². The third-order valence-corrected chi connectivity index (χ3v) is 6.15. The van der Waals surface area contributed by atoms with Crippen LogP contribution in [0.25, 0.3) is 10.8 Å². The second kappa shape index (κ2) is 7.64. The Bertz CT molecular complexity index is 1010. The van der Waals surface area contributed by atoms with Crippen molar-refractivity contribution in [2.45, 2.75) is 45.2 Å². The minimum absolute atomic E-state index is 0.0765. The highest BCUT2D eigenvalue weighted by atomic mass is 32.1. The van der Waals surface area contributed by atoms with Gasteiger partial charge in [-0.3, -0.25) is 9.59 Å². The zero-order valence-corrected chi connectivity index (χ0v) is 16.2. The molecule has 6 heteroatoms. The number of aryl methyl sites for hydroxylation is 1. The molecule has 0 bridgehead atoms. The van der Waals surface area contributed by atoms with Crippen LogP contribution in [0, 0.1) is 0 Å². The topological polar surface area (TPSA) is 55.2 Å². The minimum Gasteiger partial charge on any atom is -0.329 e. The van der Waals surface area contributed by atoms with Gasteiger partial charge in [0.05, 0.1) is 11.4 Å². The van der Waals surface area contributed by atoms with Crippen molar-refractivity contribution in [2.75, 3.05) is 6.54 Å². The Labute approximate surface area is 162 Å². The van der Waals surface area contributed by atoms with E-state index < -0.39 is 0 Å². The highest BCUT2D eigenvalue weighted by Crippen LogP contribution is 2.35. The maximum atomic E-state index is 13.5. The van der Waals surface area contributed by atoms with Crippen LogP contribution in [0.5, 0.6) is 0 Å². The van der Waals surface area contributed by atoms with Crippen LogP contribution in [0.2, 0.25) is 0 Å². The minimum atomic E-state index is -0.119. The first-order valence-corrected chi connectivity index (χ1v) is 10.4. The number of fused-ring (bicyclic) bond motifs is 1. The first-order chi connectivity index (χ1) is 13.2. The zero-order chi connectivity index (χ0) is 18.8. The first-order valence-electron chi connectivity index (χ1n) is 9.55.